The number of nitrogens with zero attached hydrogens (tertiary/aromatic N) is 1. The minimum atomic E-state index is -1.48. The molecule has 2 aliphatic rings. The SMILES string of the molecule is CCc1cccc(-c2c(Cl)cccc2C(O)(CCCNC(=O)OC)C2CN(C(=O)C3CCC(N)C3)CCO2)c1. The second kappa shape index (κ2) is 13.1. The Kier molecular flexibility index (Phi) is 9.88. The smallest absolute Gasteiger partial charge is 0.406 e. The molecule has 1 aliphatic heterocycles. The fourth-order valence-electron chi connectivity index (χ4n) is 5.85. The van der Waals surface area contributed by atoms with E-state index in [0.29, 0.717) is 43.1 Å². The van der Waals surface area contributed by atoms with E-state index in [4.69, 9.17) is 22.1 Å². The minimum Gasteiger partial charge on any atom is -0.453 e. The fraction of sp³-hybridized carbons (Fsp3) is 0.533. The van der Waals surface area contributed by atoms with E-state index in [-0.39, 0.29) is 30.8 Å². The van der Waals surface area contributed by atoms with Crippen LogP contribution < -0.4 is 11.1 Å². The molecule has 0 bridgehead atoms. The molecule has 2 aromatic rings. The Balaban J connectivity index is 1.69. The highest BCUT2D eigenvalue weighted by atomic mass is 35.5. The minimum absolute atomic E-state index is 0.0583. The molecule has 0 aromatic heterocycles. The summed E-state index contributed by atoms with van der Waals surface area (Å²) < 4.78 is 10.9. The quantitative estimate of drug-likeness (QED) is 0.397. The zero-order valence-corrected chi connectivity index (χ0v) is 23.6. The van der Waals surface area contributed by atoms with Crippen molar-refractivity contribution in [1.82, 2.24) is 10.2 Å². The van der Waals surface area contributed by atoms with Gasteiger partial charge >= 0.3 is 6.09 Å². The fourth-order valence-corrected chi connectivity index (χ4v) is 6.14. The van der Waals surface area contributed by atoms with Crippen molar-refractivity contribution >= 4 is 23.6 Å². The van der Waals surface area contributed by atoms with Crippen LogP contribution in [0.2, 0.25) is 5.02 Å². The van der Waals surface area contributed by atoms with Crippen LogP contribution in [-0.4, -0.2) is 67.5 Å². The van der Waals surface area contributed by atoms with Crippen LogP contribution in [-0.2, 0) is 26.3 Å². The van der Waals surface area contributed by atoms with E-state index in [1.165, 1.54) is 7.11 Å². The number of ether oxygens (including phenoxy) is 2. The molecule has 1 aliphatic carbocycles. The lowest BCUT2D eigenvalue weighted by atomic mass is 9.79. The van der Waals surface area contributed by atoms with E-state index in [1.54, 1.807) is 0 Å². The molecule has 2 amide bonds. The van der Waals surface area contributed by atoms with Crippen LogP contribution >= 0.6 is 11.6 Å². The number of aliphatic hydroxyl groups is 1. The highest BCUT2D eigenvalue weighted by molar-refractivity contribution is 6.33. The van der Waals surface area contributed by atoms with E-state index < -0.39 is 17.8 Å². The zero-order valence-electron chi connectivity index (χ0n) is 22.8. The number of hydrogen-bond acceptors (Lipinski definition) is 6. The predicted octanol–water partition coefficient (Wildman–Crippen LogP) is 4.25. The number of benzene rings is 2. The number of alkyl carbamates (subject to hydrolysis) is 1. The largest absolute Gasteiger partial charge is 0.453 e. The molecule has 0 spiro atoms. The molecule has 8 nitrogen and oxygen atoms in total. The van der Waals surface area contributed by atoms with Gasteiger partial charge in [-0.1, -0.05) is 54.9 Å². The molecule has 4 atom stereocenters. The number of morpholine rings is 1. The maximum Gasteiger partial charge on any atom is 0.406 e. The second-order valence-electron chi connectivity index (χ2n) is 10.6. The Labute approximate surface area is 235 Å². The van der Waals surface area contributed by atoms with Gasteiger partial charge in [0.15, 0.2) is 0 Å². The summed E-state index contributed by atoms with van der Waals surface area (Å²) in [5, 5.41) is 15.8. The Morgan fingerprint density at radius 1 is 1.26 bits per heavy atom. The van der Waals surface area contributed by atoms with E-state index in [2.05, 4.69) is 29.1 Å². The van der Waals surface area contributed by atoms with Crippen LogP contribution in [0.4, 0.5) is 4.79 Å². The first-order valence-corrected chi connectivity index (χ1v) is 14.2. The third kappa shape index (κ3) is 6.74. The number of carbonyl (C=O) groups is 2. The topological polar surface area (TPSA) is 114 Å². The molecule has 212 valence electrons. The maximum atomic E-state index is 13.4. The van der Waals surface area contributed by atoms with Crippen molar-refractivity contribution in [2.75, 3.05) is 33.4 Å². The molecule has 4 rings (SSSR count). The average Bonchev–Trinajstić information content (AvgIpc) is 3.40. The monoisotopic (exact) mass is 557 g/mol. The van der Waals surface area contributed by atoms with Crippen LogP contribution in [0.5, 0.6) is 0 Å². The van der Waals surface area contributed by atoms with Gasteiger partial charge in [-0.2, -0.15) is 0 Å². The van der Waals surface area contributed by atoms with Crippen molar-refractivity contribution in [2.45, 2.75) is 63.2 Å². The molecule has 9 heteroatoms. The standard InChI is InChI=1S/C30H40ClN3O5/c1-3-20-7-4-8-21(17-20)27-24(9-5-10-25(27)31)30(37,13-6-14-33-29(36)38-2)26-19-34(15-16-39-26)28(35)22-11-12-23(32)18-22/h4-5,7-10,17,22-23,26,37H,3,6,11-16,18-19,32H2,1-2H3,(H,33,36). The summed E-state index contributed by atoms with van der Waals surface area (Å²) in [5.41, 5.74) is 8.05. The van der Waals surface area contributed by atoms with Gasteiger partial charge in [-0.15, -0.1) is 0 Å². The van der Waals surface area contributed by atoms with Gasteiger partial charge in [0.2, 0.25) is 5.91 Å². The summed E-state index contributed by atoms with van der Waals surface area (Å²) in [6, 6.07) is 13.7. The van der Waals surface area contributed by atoms with Gasteiger partial charge in [0.1, 0.15) is 11.7 Å². The third-order valence-corrected chi connectivity index (χ3v) is 8.34. The van der Waals surface area contributed by atoms with Gasteiger partial charge in [-0.05, 0) is 61.3 Å². The summed E-state index contributed by atoms with van der Waals surface area (Å²) in [5.74, 6) is -0.0115. The van der Waals surface area contributed by atoms with Crippen molar-refractivity contribution in [3.63, 3.8) is 0 Å². The average molecular weight is 558 g/mol. The number of carbonyl (C=O) groups excluding carboxylic acids is 2. The molecule has 1 saturated heterocycles. The maximum absolute atomic E-state index is 13.4. The molecular formula is C30H40ClN3O5. The van der Waals surface area contributed by atoms with Crippen molar-refractivity contribution in [3.05, 3.63) is 58.6 Å². The van der Waals surface area contributed by atoms with Gasteiger partial charge in [-0.25, -0.2) is 4.79 Å². The molecular weight excluding hydrogens is 518 g/mol. The Morgan fingerprint density at radius 2 is 2.05 bits per heavy atom. The summed E-state index contributed by atoms with van der Waals surface area (Å²) in [7, 11) is 1.31. The van der Waals surface area contributed by atoms with E-state index in [9.17, 15) is 14.7 Å². The van der Waals surface area contributed by atoms with Crippen LogP contribution in [0, 0.1) is 5.92 Å². The summed E-state index contributed by atoms with van der Waals surface area (Å²) in [4.78, 5) is 26.8. The highest BCUT2D eigenvalue weighted by Gasteiger charge is 2.45. The Hall–Kier alpha value is -2.65. The molecule has 4 N–H and O–H groups in total. The molecule has 1 heterocycles. The van der Waals surface area contributed by atoms with E-state index >= 15 is 0 Å². The first-order chi connectivity index (χ1) is 18.8. The zero-order chi connectivity index (χ0) is 28.0. The van der Waals surface area contributed by atoms with E-state index in [0.717, 1.165) is 36.0 Å². The first-order valence-electron chi connectivity index (χ1n) is 13.8. The van der Waals surface area contributed by atoms with E-state index in [1.807, 2.05) is 35.2 Å². The normalized spacial score (nSPS) is 22.8. The number of amides is 2. The van der Waals surface area contributed by atoms with Gasteiger partial charge in [-0.3, -0.25) is 4.79 Å². The number of rotatable bonds is 9. The van der Waals surface area contributed by atoms with Crippen LogP contribution in [0.15, 0.2) is 42.5 Å². The van der Waals surface area contributed by atoms with Crippen LogP contribution in [0.1, 0.15) is 50.2 Å². The van der Waals surface area contributed by atoms with Gasteiger partial charge in [0.05, 0.1) is 20.3 Å². The molecule has 39 heavy (non-hydrogen) atoms. The number of methoxy groups -OCH3 is 1. The first kappa shape index (κ1) is 29.3. The second-order valence-corrected chi connectivity index (χ2v) is 11.0. The number of halogens is 1. The lowest BCUT2D eigenvalue weighted by molar-refractivity contribution is -0.167. The lowest BCUT2D eigenvalue weighted by Gasteiger charge is -2.44. The van der Waals surface area contributed by atoms with Crippen molar-refractivity contribution in [2.24, 2.45) is 11.7 Å². The van der Waals surface area contributed by atoms with Crippen LogP contribution in [0.25, 0.3) is 11.1 Å². The van der Waals surface area contributed by atoms with Crippen molar-refractivity contribution in [3.8, 4) is 11.1 Å². The summed E-state index contributed by atoms with van der Waals surface area (Å²) in [6.07, 6.45) is 2.72. The lowest BCUT2D eigenvalue weighted by Crippen LogP contribution is -2.55. The molecule has 1 saturated carbocycles. The van der Waals surface area contributed by atoms with Crippen LogP contribution in [0.3, 0.4) is 0 Å². The van der Waals surface area contributed by atoms with Crippen molar-refractivity contribution < 1.29 is 24.2 Å². The van der Waals surface area contributed by atoms with Gasteiger partial charge in [0, 0.05) is 35.6 Å². The highest BCUT2D eigenvalue weighted by Crippen LogP contribution is 2.43. The molecule has 0 radical (unpaired) electrons. The third-order valence-electron chi connectivity index (χ3n) is 8.03. The predicted molar refractivity (Wildman–Crippen MR) is 151 cm³/mol. The van der Waals surface area contributed by atoms with Crippen molar-refractivity contribution in [1.29, 1.82) is 0 Å². The molecule has 2 aromatic carbocycles. The molecule has 2 fully saturated rings. The Bertz CT molecular complexity index is 1160. The summed E-state index contributed by atoms with van der Waals surface area (Å²) >= 11 is 6.80. The number of hydrogen-bond donors (Lipinski definition) is 3. The van der Waals surface area contributed by atoms with Gasteiger partial charge in [0.25, 0.3) is 0 Å². The Morgan fingerprint density at radius 3 is 2.77 bits per heavy atom. The summed E-state index contributed by atoms with van der Waals surface area (Å²) in [6.45, 7) is 3.45. The number of nitrogens with one attached hydrogen (secondary N) is 1. The number of nitrogens with two attached hydrogens (primary N) is 1. The van der Waals surface area contributed by atoms with Gasteiger partial charge < -0.3 is 30.5 Å². The molecule has 4 unspecified atom stereocenters. The number of aryl methyl sites for hydroxylation is 1.